The van der Waals surface area contributed by atoms with Crippen LogP contribution in [0, 0.1) is 30.2 Å². The van der Waals surface area contributed by atoms with Crippen molar-refractivity contribution < 1.29 is 51.1 Å². The number of carbonyl (C=O) groups excluding carboxylic acids is 1. The average Bonchev–Trinajstić information content (AvgIpc) is 3.08. The van der Waals surface area contributed by atoms with Crippen LogP contribution < -0.4 is 21.2 Å². The number of hydrogen-bond acceptors (Lipinski definition) is 11. The molecule has 48 heavy (non-hydrogen) atoms. The van der Waals surface area contributed by atoms with Crippen LogP contribution in [0.3, 0.4) is 0 Å². The summed E-state index contributed by atoms with van der Waals surface area (Å²) < 4.78 is 80.3. The molecule has 0 atom stereocenters. The molecular weight excluding hydrogens is 662 g/mol. The third-order valence-electron chi connectivity index (χ3n) is 6.27. The second-order valence-electron chi connectivity index (χ2n) is 9.92. The van der Waals surface area contributed by atoms with E-state index in [4.69, 9.17) is 37.0 Å². The van der Waals surface area contributed by atoms with Crippen molar-refractivity contribution in [2.24, 2.45) is 15.9 Å². The van der Waals surface area contributed by atoms with Gasteiger partial charge in [0.2, 0.25) is 11.6 Å². The van der Waals surface area contributed by atoms with E-state index in [0.717, 1.165) is 25.5 Å². The zero-order chi connectivity index (χ0) is 35.1. The number of hydrazone groups is 1. The number of carbonyl (C=O) groups is 1. The van der Waals surface area contributed by atoms with Crippen LogP contribution in [0.15, 0.2) is 34.4 Å². The number of nitrogens with zero attached hydrogens (tertiary/aromatic N) is 2. The van der Waals surface area contributed by atoms with E-state index in [9.17, 15) is 27.5 Å². The van der Waals surface area contributed by atoms with Crippen LogP contribution >= 0.6 is 12.2 Å². The highest BCUT2D eigenvalue weighted by atomic mass is 32.1. The molecule has 0 fully saturated rings. The summed E-state index contributed by atoms with van der Waals surface area (Å²) in [5, 5.41) is 19.7. The predicted octanol–water partition coefficient (Wildman–Crippen LogP) is 4.16. The molecule has 0 radical (unpaired) electrons. The second-order valence-corrected chi connectivity index (χ2v) is 10.3. The van der Waals surface area contributed by atoms with Crippen molar-refractivity contribution in [3.63, 3.8) is 0 Å². The maximum Gasteiger partial charge on any atom is 0.313 e. The van der Waals surface area contributed by atoms with Crippen LogP contribution in [0.2, 0.25) is 0 Å². The van der Waals surface area contributed by atoms with Gasteiger partial charge in [-0.15, -0.1) is 0 Å². The van der Waals surface area contributed by atoms with E-state index in [0.29, 0.717) is 63.4 Å². The highest BCUT2D eigenvalue weighted by Gasteiger charge is 2.26. The van der Waals surface area contributed by atoms with Crippen molar-refractivity contribution >= 4 is 40.9 Å². The van der Waals surface area contributed by atoms with Crippen LogP contribution in [0.1, 0.15) is 31.2 Å². The molecule has 12 nitrogen and oxygen atoms in total. The van der Waals surface area contributed by atoms with Crippen LogP contribution in [0.4, 0.5) is 23.2 Å². The van der Waals surface area contributed by atoms with E-state index in [1.54, 1.807) is 30.5 Å². The smallest absolute Gasteiger partial charge is 0.313 e. The van der Waals surface area contributed by atoms with E-state index >= 15 is 0 Å². The summed E-state index contributed by atoms with van der Waals surface area (Å²) in [5.74, 6) is -3.73. The molecule has 0 amide bonds. The van der Waals surface area contributed by atoms with Crippen molar-refractivity contribution in [2.45, 2.75) is 32.6 Å². The van der Waals surface area contributed by atoms with Crippen molar-refractivity contribution in [1.29, 1.82) is 0 Å². The van der Waals surface area contributed by atoms with Crippen LogP contribution in [-0.2, 0) is 23.7 Å². The zero-order valence-electron chi connectivity index (χ0n) is 26.6. The molecule has 0 bridgehead atoms. The van der Waals surface area contributed by atoms with Crippen molar-refractivity contribution in [1.82, 2.24) is 5.32 Å². The minimum Gasteiger partial charge on any atom is -0.508 e. The molecular formula is C31H41F4N5O7S. The van der Waals surface area contributed by atoms with Gasteiger partial charge in [-0.25, -0.2) is 13.2 Å². The number of phenolic OH excluding ortho intramolecular Hbond substituents is 1. The number of aromatic hydroxyl groups is 1. The molecule has 2 rings (SSSR count). The first kappa shape index (κ1) is 40.3. The summed E-state index contributed by atoms with van der Waals surface area (Å²) in [6, 6.07) is 6.61. The largest absolute Gasteiger partial charge is 0.508 e. The Balaban J connectivity index is 1.38. The van der Waals surface area contributed by atoms with Crippen LogP contribution in [-0.4, -0.2) is 94.1 Å². The summed E-state index contributed by atoms with van der Waals surface area (Å²) >= 11 is 5.26. The standard InChI is InChI=1S/C31H41F4N5O7S/c1-21-26(32)28(34)29(35)30(27(21)33)47-25(42)9-12-43-14-16-45-18-19-46-17-15-44-13-11-37-20-23(40-36)4-2-3-10-38-31(48)39-22-5-7-24(41)8-6-22/h5-8,20,41H,2-4,9-19,36H2,1H3,(H2,38,39,48)/b37-20?,40-23-. The molecule has 0 aliphatic heterocycles. The van der Waals surface area contributed by atoms with Crippen molar-refractivity contribution in [3.8, 4) is 11.5 Å². The number of ether oxygens (including phenoxy) is 5. The summed E-state index contributed by atoms with van der Waals surface area (Å²) in [7, 11) is 0. The van der Waals surface area contributed by atoms with Gasteiger partial charge in [-0.1, -0.05) is 0 Å². The average molecular weight is 704 g/mol. The topological polar surface area (TPSA) is 158 Å². The number of hydrogen-bond donors (Lipinski definition) is 4. The van der Waals surface area contributed by atoms with Gasteiger partial charge in [-0.3, -0.25) is 9.79 Å². The summed E-state index contributed by atoms with van der Waals surface area (Å²) in [5.41, 5.74) is 0.664. The number of phenols is 1. The minimum atomic E-state index is -1.92. The Hall–Kier alpha value is -3.90. The summed E-state index contributed by atoms with van der Waals surface area (Å²) in [6.45, 7) is 3.97. The minimum absolute atomic E-state index is 0.132. The lowest BCUT2D eigenvalue weighted by atomic mass is 10.2. The third-order valence-corrected chi connectivity index (χ3v) is 6.51. The fourth-order valence-electron chi connectivity index (χ4n) is 3.70. The molecule has 0 saturated carbocycles. The number of nitrogens with one attached hydrogen (secondary N) is 2. The molecule has 2 aromatic carbocycles. The molecule has 0 aliphatic rings. The number of thiocarbonyl (C=S) groups is 1. The Labute approximate surface area is 281 Å². The number of anilines is 1. The maximum absolute atomic E-state index is 13.9. The molecule has 266 valence electrons. The zero-order valence-corrected chi connectivity index (χ0v) is 27.4. The van der Waals surface area contributed by atoms with E-state index in [-0.39, 0.29) is 32.0 Å². The monoisotopic (exact) mass is 703 g/mol. The third kappa shape index (κ3) is 15.8. The number of nitrogens with two attached hydrogens (primary N) is 1. The van der Waals surface area contributed by atoms with E-state index in [1.165, 1.54) is 0 Å². The Bertz CT molecular complexity index is 1320. The molecule has 0 saturated heterocycles. The van der Waals surface area contributed by atoms with Gasteiger partial charge in [-0.05, 0) is 62.7 Å². The molecule has 0 aromatic heterocycles. The van der Waals surface area contributed by atoms with E-state index < -0.39 is 40.6 Å². The SMILES string of the molecule is Cc1c(F)c(F)c(F)c(OC(=O)CCOCCOCCOCCOCCN=C/C(CCCCNC(=S)Nc2ccc(O)cc2)=N\N)c1F. The van der Waals surface area contributed by atoms with Gasteiger partial charge in [0, 0.05) is 24.0 Å². The molecule has 17 heteroatoms. The van der Waals surface area contributed by atoms with Crippen molar-refractivity contribution in [2.75, 3.05) is 71.3 Å². The Morgan fingerprint density at radius 1 is 0.854 bits per heavy atom. The fraction of sp³-hybridized carbons (Fsp3) is 0.484. The molecule has 5 N–H and O–H groups in total. The number of esters is 1. The predicted molar refractivity (Wildman–Crippen MR) is 176 cm³/mol. The molecule has 2 aromatic rings. The van der Waals surface area contributed by atoms with Gasteiger partial charge in [0.25, 0.3) is 0 Å². The Morgan fingerprint density at radius 3 is 2.08 bits per heavy atom. The lowest BCUT2D eigenvalue weighted by molar-refractivity contribution is -0.136. The summed E-state index contributed by atoms with van der Waals surface area (Å²) in [4.78, 5) is 16.1. The number of halogens is 4. The number of unbranched alkanes of at least 4 members (excludes halogenated alkanes) is 1. The molecule has 0 heterocycles. The first-order valence-electron chi connectivity index (χ1n) is 15.1. The summed E-state index contributed by atoms with van der Waals surface area (Å²) in [6.07, 6.45) is 3.63. The fourth-order valence-corrected chi connectivity index (χ4v) is 3.92. The molecule has 0 spiro atoms. The van der Waals surface area contributed by atoms with Crippen LogP contribution in [0.5, 0.6) is 11.5 Å². The quantitative estimate of drug-likeness (QED) is 0.0113. The number of rotatable bonds is 23. The van der Waals surface area contributed by atoms with Gasteiger partial charge in [0.05, 0.1) is 71.5 Å². The number of benzene rings is 2. The lowest BCUT2D eigenvalue weighted by Crippen LogP contribution is -2.29. The Morgan fingerprint density at radius 2 is 1.46 bits per heavy atom. The lowest BCUT2D eigenvalue weighted by Gasteiger charge is -2.10. The van der Waals surface area contributed by atoms with E-state index in [2.05, 4.69) is 25.5 Å². The van der Waals surface area contributed by atoms with Gasteiger partial charge >= 0.3 is 5.97 Å². The molecule has 0 unspecified atom stereocenters. The highest BCUT2D eigenvalue weighted by Crippen LogP contribution is 2.29. The van der Waals surface area contributed by atoms with Gasteiger partial charge in [-0.2, -0.15) is 9.49 Å². The Kier molecular flexibility index (Phi) is 19.7. The van der Waals surface area contributed by atoms with Crippen LogP contribution in [0.25, 0.3) is 0 Å². The highest BCUT2D eigenvalue weighted by molar-refractivity contribution is 7.80. The second kappa shape index (κ2) is 23.4. The first-order valence-corrected chi connectivity index (χ1v) is 15.5. The normalized spacial score (nSPS) is 11.6. The van der Waals surface area contributed by atoms with Crippen molar-refractivity contribution in [3.05, 3.63) is 53.1 Å². The van der Waals surface area contributed by atoms with E-state index in [1.807, 2.05) is 0 Å². The molecule has 0 aliphatic carbocycles. The van der Waals surface area contributed by atoms with Gasteiger partial charge in [0.15, 0.2) is 22.6 Å². The van der Waals surface area contributed by atoms with Gasteiger partial charge < -0.3 is 45.3 Å². The first-order chi connectivity index (χ1) is 23.1. The number of aliphatic imine (C=N–C) groups is 1. The maximum atomic E-state index is 13.9. The van der Waals surface area contributed by atoms with Gasteiger partial charge in [0.1, 0.15) is 5.75 Å².